The van der Waals surface area contributed by atoms with Gasteiger partial charge in [-0.2, -0.15) is 0 Å². The van der Waals surface area contributed by atoms with Gasteiger partial charge in [0.05, 0.1) is 5.92 Å². The molecule has 13 heavy (non-hydrogen) atoms. The first-order chi connectivity index (χ1) is 6.20. The van der Waals surface area contributed by atoms with E-state index in [0.717, 1.165) is 0 Å². The molecule has 1 heterocycles. The van der Waals surface area contributed by atoms with E-state index in [1.165, 1.54) is 11.8 Å². The molecule has 0 aromatic rings. The van der Waals surface area contributed by atoms with Gasteiger partial charge in [-0.1, -0.05) is 12.2 Å². The molecule has 1 aliphatic heterocycles. The van der Waals surface area contributed by atoms with Gasteiger partial charge in [-0.3, -0.25) is 14.9 Å². The zero-order valence-electron chi connectivity index (χ0n) is 7.37. The Kier molecular flexibility index (Phi) is 1.95. The lowest BCUT2D eigenvalue weighted by Gasteiger charge is -2.30. The van der Waals surface area contributed by atoms with Crippen LogP contribution in [0.4, 0.5) is 0 Å². The topological polar surface area (TPSA) is 46.2 Å². The Labute approximate surface area is 81.0 Å². The Hall–Kier alpha value is -0.770. The molecule has 1 N–H and O–H groups in total. The summed E-state index contributed by atoms with van der Waals surface area (Å²) in [7, 11) is 0. The van der Waals surface area contributed by atoms with Crippen LogP contribution in [-0.4, -0.2) is 22.8 Å². The first-order valence-electron chi connectivity index (χ1n) is 4.26. The van der Waals surface area contributed by atoms with Crippen LogP contribution in [0, 0.1) is 5.92 Å². The number of hydrogen-bond acceptors (Lipinski definition) is 3. The molecule has 0 aromatic carbocycles. The summed E-state index contributed by atoms with van der Waals surface area (Å²) < 4.78 is -0.508. The minimum atomic E-state index is -0.508. The van der Waals surface area contributed by atoms with Crippen molar-refractivity contribution in [2.45, 2.75) is 17.6 Å². The van der Waals surface area contributed by atoms with Crippen LogP contribution in [0.25, 0.3) is 0 Å². The number of fused-ring (bicyclic) bond motifs is 1. The van der Waals surface area contributed by atoms with E-state index in [1.807, 2.05) is 18.4 Å². The Bertz CT molecular complexity index is 300. The molecule has 2 aliphatic rings. The molecule has 1 fully saturated rings. The van der Waals surface area contributed by atoms with E-state index in [-0.39, 0.29) is 17.7 Å². The van der Waals surface area contributed by atoms with Gasteiger partial charge in [-0.25, -0.2) is 0 Å². The summed E-state index contributed by atoms with van der Waals surface area (Å²) in [6, 6.07) is 0. The number of imide groups is 1. The second-order valence-corrected chi connectivity index (χ2v) is 4.51. The number of rotatable bonds is 1. The van der Waals surface area contributed by atoms with Crippen molar-refractivity contribution in [3.05, 3.63) is 12.2 Å². The van der Waals surface area contributed by atoms with Gasteiger partial charge in [-0.05, 0) is 19.1 Å². The molecule has 0 radical (unpaired) electrons. The third-order valence-corrected chi connectivity index (χ3v) is 4.19. The average molecular weight is 197 g/mol. The van der Waals surface area contributed by atoms with E-state index >= 15 is 0 Å². The molecular weight excluding hydrogens is 186 g/mol. The van der Waals surface area contributed by atoms with Crippen LogP contribution >= 0.6 is 11.8 Å². The summed E-state index contributed by atoms with van der Waals surface area (Å²) in [5.74, 6) is -0.372. The first-order valence-corrected chi connectivity index (χ1v) is 5.48. The highest BCUT2D eigenvalue weighted by molar-refractivity contribution is 8.00. The Balaban J connectivity index is 2.42. The predicted octanol–water partition coefficient (Wildman–Crippen LogP) is 0.711. The molecule has 3 nitrogen and oxygen atoms in total. The van der Waals surface area contributed by atoms with E-state index in [0.29, 0.717) is 12.8 Å². The molecule has 4 heteroatoms. The third-order valence-electron chi connectivity index (χ3n) is 2.82. The van der Waals surface area contributed by atoms with Crippen molar-refractivity contribution in [2.24, 2.45) is 5.92 Å². The second-order valence-electron chi connectivity index (χ2n) is 3.38. The van der Waals surface area contributed by atoms with Crippen molar-refractivity contribution in [1.82, 2.24) is 5.32 Å². The highest BCUT2D eigenvalue weighted by Gasteiger charge is 2.54. The lowest BCUT2D eigenvalue weighted by molar-refractivity contribution is -0.125. The van der Waals surface area contributed by atoms with Crippen LogP contribution in [0.5, 0.6) is 0 Å². The smallest absolute Gasteiger partial charge is 0.243 e. The van der Waals surface area contributed by atoms with Crippen molar-refractivity contribution < 1.29 is 9.59 Å². The first kappa shape index (κ1) is 8.81. The second kappa shape index (κ2) is 2.87. The van der Waals surface area contributed by atoms with E-state index in [2.05, 4.69) is 5.32 Å². The summed E-state index contributed by atoms with van der Waals surface area (Å²) in [5, 5.41) is 2.41. The molecule has 1 aliphatic carbocycles. The SMILES string of the molecule is CSC12CC=CCC1C(=O)NC2=O. The van der Waals surface area contributed by atoms with Crippen LogP contribution < -0.4 is 5.32 Å². The normalized spacial score (nSPS) is 37.5. The zero-order chi connectivity index (χ0) is 9.47. The van der Waals surface area contributed by atoms with Crippen LogP contribution in [0.2, 0.25) is 0 Å². The van der Waals surface area contributed by atoms with Crippen LogP contribution in [0.1, 0.15) is 12.8 Å². The lowest BCUT2D eigenvalue weighted by atomic mass is 9.84. The molecule has 0 bridgehead atoms. The monoisotopic (exact) mass is 197 g/mol. The molecule has 1 saturated heterocycles. The van der Waals surface area contributed by atoms with Gasteiger partial charge in [0.1, 0.15) is 4.75 Å². The average Bonchev–Trinajstić information content (AvgIpc) is 2.41. The van der Waals surface area contributed by atoms with E-state index in [4.69, 9.17) is 0 Å². The summed E-state index contributed by atoms with van der Waals surface area (Å²) in [6.07, 6.45) is 7.24. The van der Waals surface area contributed by atoms with Crippen molar-refractivity contribution in [3.63, 3.8) is 0 Å². The number of nitrogens with one attached hydrogen (secondary N) is 1. The minimum absolute atomic E-state index is 0.108. The van der Waals surface area contributed by atoms with Crippen LogP contribution in [0.15, 0.2) is 12.2 Å². The minimum Gasteiger partial charge on any atom is -0.295 e. The van der Waals surface area contributed by atoms with Crippen LogP contribution in [-0.2, 0) is 9.59 Å². The molecule has 0 saturated carbocycles. The van der Waals surface area contributed by atoms with Crippen molar-refractivity contribution >= 4 is 23.6 Å². The van der Waals surface area contributed by atoms with Crippen molar-refractivity contribution in [2.75, 3.05) is 6.26 Å². The van der Waals surface area contributed by atoms with Gasteiger partial charge in [0, 0.05) is 0 Å². The number of thioether (sulfide) groups is 1. The van der Waals surface area contributed by atoms with Gasteiger partial charge in [0.2, 0.25) is 11.8 Å². The number of carbonyl (C=O) groups excluding carboxylic acids is 2. The van der Waals surface area contributed by atoms with Gasteiger partial charge in [0.15, 0.2) is 0 Å². The highest BCUT2D eigenvalue weighted by Crippen LogP contribution is 2.43. The highest BCUT2D eigenvalue weighted by atomic mass is 32.2. The number of amides is 2. The largest absolute Gasteiger partial charge is 0.295 e. The van der Waals surface area contributed by atoms with Gasteiger partial charge in [-0.15, -0.1) is 11.8 Å². The molecule has 2 amide bonds. The molecule has 0 aromatic heterocycles. The standard InChI is InChI=1S/C9H11NO2S/c1-13-9-5-3-2-4-6(9)7(11)10-8(9)12/h2-3,6H,4-5H2,1H3,(H,10,11,12). The third kappa shape index (κ3) is 1.05. The van der Waals surface area contributed by atoms with Crippen molar-refractivity contribution in [3.8, 4) is 0 Å². The molecule has 70 valence electrons. The zero-order valence-corrected chi connectivity index (χ0v) is 8.19. The molecular formula is C9H11NO2S. The quantitative estimate of drug-likeness (QED) is 0.497. The van der Waals surface area contributed by atoms with Crippen molar-refractivity contribution in [1.29, 1.82) is 0 Å². The number of carbonyl (C=O) groups is 2. The van der Waals surface area contributed by atoms with Crippen LogP contribution in [0.3, 0.4) is 0 Å². The molecule has 2 rings (SSSR count). The fourth-order valence-corrected chi connectivity index (χ4v) is 3.00. The maximum atomic E-state index is 11.6. The molecule has 2 atom stereocenters. The van der Waals surface area contributed by atoms with Gasteiger partial charge >= 0.3 is 0 Å². The van der Waals surface area contributed by atoms with Gasteiger partial charge in [0.25, 0.3) is 0 Å². The predicted molar refractivity (Wildman–Crippen MR) is 51.3 cm³/mol. The van der Waals surface area contributed by atoms with Gasteiger partial charge < -0.3 is 0 Å². The maximum Gasteiger partial charge on any atom is 0.243 e. The van der Waals surface area contributed by atoms with E-state index in [9.17, 15) is 9.59 Å². The fraction of sp³-hybridized carbons (Fsp3) is 0.556. The summed E-state index contributed by atoms with van der Waals surface area (Å²) >= 11 is 1.49. The Morgan fingerprint density at radius 1 is 1.54 bits per heavy atom. The summed E-state index contributed by atoms with van der Waals surface area (Å²) in [4.78, 5) is 23.0. The molecule has 2 unspecified atom stereocenters. The van der Waals surface area contributed by atoms with E-state index < -0.39 is 4.75 Å². The maximum absolute atomic E-state index is 11.6. The number of allylic oxidation sites excluding steroid dienone is 2. The number of hydrogen-bond donors (Lipinski definition) is 1. The lowest BCUT2D eigenvalue weighted by Crippen LogP contribution is -2.39. The fourth-order valence-electron chi connectivity index (χ4n) is 2.02. The van der Waals surface area contributed by atoms with E-state index in [1.54, 1.807) is 0 Å². The Morgan fingerprint density at radius 2 is 2.31 bits per heavy atom. The molecule has 0 spiro atoms. The summed E-state index contributed by atoms with van der Waals surface area (Å²) in [5.41, 5.74) is 0. The Morgan fingerprint density at radius 3 is 2.92 bits per heavy atom. The summed E-state index contributed by atoms with van der Waals surface area (Å²) in [6.45, 7) is 0.